The van der Waals surface area contributed by atoms with Crippen LogP contribution in [-0.4, -0.2) is 20.3 Å². The van der Waals surface area contributed by atoms with Gasteiger partial charge in [-0.05, 0) is 31.0 Å². The number of nitrogens with one attached hydrogen (secondary N) is 1. The van der Waals surface area contributed by atoms with Gasteiger partial charge in [-0.15, -0.1) is 0 Å². The zero-order valence-corrected chi connectivity index (χ0v) is 10.2. The zero-order chi connectivity index (χ0) is 11.1. The minimum atomic E-state index is 0.693. The van der Waals surface area contributed by atoms with Crippen molar-refractivity contribution in [2.45, 2.75) is 12.8 Å². The van der Waals surface area contributed by atoms with Gasteiger partial charge in [0, 0.05) is 25.3 Å². The van der Waals surface area contributed by atoms with Crippen LogP contribution in [0.4, 0.5) is 5.69 Å². The van der Waals surface area contributed by atoms with Crippen molar-refractivity contribution >= 4 is 28.9 Å². The second-order valence-corrected chi connectivity index (χ2v) is 4.09. The summed E-state index contributed by atoms with van der Waals surface area (Å²) in [4.78, 5) is 0. The van der Waals surface area contributed by atoms with Crippen LogP contribution in [0.3, 0.4) is 0 Å². The Labute approximate surface area is 101 Å². The number of halogens is 2. The second-order valence-electron chi connectivity index (χ2n) is 3.25. The lowest BCUT2D eigenvalue weighted by Gasteiger charge is -2.08. The number of benzene rings is 1. The van der Waals surface area contributed by atoms with Gasteiger partial charge >= 0.3 is 0 Å². The predicted molar refractivity (Wildman–Crippen MR) is 66.1 cm³/mol. The number of anilines is 1. The molecule has 0 fully saturated rings. The molecule has 0 saturated carbocycles. The fourth-order valence-electron chi connectivity index (χ4n) is 1.23. The highest BCUT2D eigenvalue weighted by Gasteiger charge is 1.99. The summed E-state index contributed by atoms with van der Waals surface area (Å²) in [6.45, 7) is 1.67. The Hall–Kier alpha value is -0.440. The summed E-state index contributed by atoms with van der Waals surface area (Å²) in [6, 6.07) is 5.40. The van der Waals surface area contributed by atoms with Crippen molar-refractivity contribution in [1.82, 2.24) is 0 Å². The molecular formula is C11H15Cl2NO. The van der Waals surface area contributed by atoms with Crippen molar-refractivity contribution in [3.8, 4) is 0 Å². The minimum absolute atomic E-state index is 0.693. The lowest BCUT2D eigenvalue weighted by molar-refractivity contribution is 0.194. The molecule has 0 atom stereocenters. The molecule has 0 spiro atoms. The predicted octanol–water partition coefficient (Wildman–Crippen LogP) is 3.83. The monoisotopic (exact) mass is 247 g/mol. The molecule has 1 rings (SSSR count). The van der Waals surface area contributed by atoms with Crippen LogP contribution < -0.4 is 5.32 Å². The quantitative estimate of drug-likeness (QED) is 0.772. The van der Waals surface area contributed by atoms with Gasteiger partial charge in [0.25, 0.3) is 0 Å². The molecule has 0 bridgehead atoms. The van der Waals surface area contributed by atoms with E-state index in [-0.39, 0.29) is 0 Å². The van der Waals surface area contributed by atoms with Crippen molar-refractivity contribution in [1.29, 1.82) is 0 Å². The summed E-state index contributed by atoms with van der Waals surface area (Å²) < 4.78 is 4.96. The Bertz CT molecular complexity index is 305. The molecule has 0 aromatic heterocycles. The minimum Gasteiger partial charge on any atom is -0.385 e. The van der Waals surface area contributed by atoms with Gasteiger partial charge in [-0.3, -0.25) is 0 Å². The molecule has 0 aliphatic carbocycles. The first-order chi connectivity index (χ1) is 7.24. The van der Waals surface area contributed by atoms with E-state index in [1.165, 1.54) is 0 Å². The maximum atomic E-state index is 5.99. The van der Waals surface area contributed by atoms with E-state index < -0.39 is 0 Å². The van der Waals surface area contributed by atoms with Gasteiger partial charge in [0.15, 0.2) is 0 Å². The molecule has 1 aromatic carbocycles. The maximum absolute atomic E-state index is 5.99. The third-order valence-corrected chi connectivity index (χ3v) is 2.58. The Morgan fingerprint density at radius 2 is 2.07 bits per heavy atom. The fraction of sp³-hybridized carbons (Fsp3) is 0.455. The average Bonchev–Trinajstić information content (AvgIpc) is 2.23. The van der Waals surface area contributed by atoms with Crippen LogP contribution >= 0.6 is 23.2 Å². The van der Waals surface area contributed by atoms with Crippen molar-refractivity contribution in [3.05, 3.63) is 28.2 Å². The normalized spacial score (nSPS) is 10.3. The molecule has 0 unspecified atom stereocenters. The summed E-state index contributed by atoms with van der Waals surface area (Å²) in [5.74, 6) is 0. The molecule has 0 aliphatic rings. The Balaban J connectivity index is 2.33. The Morgan fingerprint density at radius 1 is 1.27 bits per heavy atom. The molecule has 1 aromatic rings. The van der Waals surface area contributed by atoms with Crippen LogP contribution in [0, 0.1) is 0 Å². The van der Waals surface area contributed by atoms with Gasteiger partial charge in [-0.2, -0.15) is 0 Å². The summed E-state index contributed by atoms with van der Waals surface area (Å²) in [5, 5.41) is 4.63. The second kappa shape index (κ2) is 6.94. The first kappa shape index (κ1) is 12.6. The molecule has 0 radical (unpaired) electrons. The van der Waals surface area contributed by atoms with E-state index in [2.05, 4.69) is 5.32 Å². The number of hydrogen-bond acceptors (Lipinski definition) is 2. The molecule has 0 heterocycles. The van der Waals surface area contributed by atoms with Gasteiger partial charge in [-0.25, -0.2) is 0 Å². The molecule has 4 heteroatoms. The first-order valence-corrected chi connectivity index (χ1v) is 5.67. The zero-order valence-electron chi connectivity index (χ0n) is 8.72. The van der Waals surface area contributed by atoms with Gasteiger partial charge in [0.1, 0.15) is 0 Å². The van der Waals surface area contributed by atoms with Gasteiger partial charge in [-0.1, -0.05) is 23.2 Å². The van der Waals surface area contributed by atoms with E-state index >= 15 is 0 Å². The highest BCUT2D eigenvalue weighted by atomic mass is 35.5. The van der Waals surface area contributed by atoms with Gasteiger partial charge in [0.2, 0.25) is 0 Å². The van der Waals surface area contributed by atoms with E-state index in [0.717, 1.165) is 31.7 Å². The number of methoxy groups -OCH3 is 1. The largest absolute Gasteiger partial charge is 0.385 e. The Morgan fingerprint density at radius 3 is 2.80 bits per heavy atom. The molecule has 0 saturated heterocycles. The van der Waals surface area contributed by atoms with Crippen LogP contribution in [-0.2, 0) is 4.74 Å². The molecule has 1 N–H and O–H groups in total. The number of ether oxygens (including phenoxy) is 1. The third-order valence-electron chi connectivity index (χ3n) is 2.02. The molecule has 84 valence electrons. The van der Waals surface area contributed by atoms with E-state index in [9.17, 15) is 0 Å². The smallest absolute Gasteiger partial charge is 0.0638 e. The van der Waals surface area contributed by atoms with Crippen LogP contribution in [0.25, 0.3) is 0 Å². The van der Waals surface area contributed by atoms with E-state index in [0.29, 0.717) is 10.0 Å². The third kappa shape index (κ3) is 4.74. The van der Waals surface area contributed by atoms with Crippen molar-refractivity contribution in [2.75, 3.05) is 25.6 Å². The maximum Gasteiger partial charge on any atom is 0.0638 e. The summed E-state index contributed by atoms with van der Waals surface area (Å²) in [6.07, 6.45) is 2.10. The Kier molecular flexibility index (Phi) is 5.84. The summed E-state index contributed by atoms with van der Waals surface area (Å²) >= 11 is 11.9. The highest BCUT2D eigenvalue weighted by Crippen LogP contribution is 2.25. The number of unbranched alkanes of at least 4 members (excludes halogenated alkanes) is 1. The molecule has 0 amide bonds. The van der Waals surface area contributed by atoms with Crippen LogP contribution in [0.15, 0.2) is 18.2 Å². The SMILES string of the molecule is COCCCCNc1cc(Cl)ccc1Cl. The topological polar surface area (TPSA) is 21.3 Å². The van der Waals surface area contributed by atoms with E-state index in [4.69, 9.17) is 27.9 Å². The van der Waals surface area contributed by atoms with Crippen LogP contribution in [0.5, 0.6) is 0 Å². The van der Waals surface area contributed by atoms with Crippen molar-refractivity contribution in [3.63, 3.8) is 0 Å². The fourth-order valence-corrected chi connectivity index (χ4v) is 1.58. The van der Waals surface area contributed by atoms with Crippen LogP contribution in [0.2, 0.25) is 10.0 Å². The van der Waals surface area contributed by atoms with Gasteiger partial charge < -0.3 is 10.1 Å². The molecule has 15 heavy (non-hydrogen) atoms. The molecule has 2 nitrogen and oxygen atoms in total. The summed E-state index contributed by atoms with van der Waals surface area (Å²) in [7, 11) is 1.71. The van der Waals surface area contributed by atoms with E-state index in [1.807, 2.05) is 6.07 Å². The number of hydrogen-bond donors (Lipinski definition) is 1. The molecule has 0 aliphatic heterocycles. The lowest BCUT2D eigenvalue weighted by atomic mass is 10.3. The van der Waals surface area contributed by atoms with Crippen molar-refractivity contribution in [2.24, 2.45) is 0 Å². The standard InChI is InChI=1S/C11H15Cl2NO/c1-15-7-3-2-6-14-11-8-9(12)4-5-10(11)13/h4-5,8,14H,2-3,6-7H2,1H3. The lowest BCUT2D eigenvalue weighted by Crippen LogP contribution is -2.03. The van der Waals surface area contributed by atoms with E-state index in [1.54, 1.807) is 19.2 Å². The number of rotatable bonds is 6. The highest BCUT2D eigenvalue weighted by molar-refractivity contribution is 6.35. The van der Waals surface area contributed by atoms with Crippen LogP contribution in [0.1, 0.15) is 12.8 Å². The summed E-state index contributed by atoms with van der Waals surface area (Å²) in [5.41, 5.74) is 0.890. The van der Waals surface area contributed by atoms with Crippen molar-refractivity contribution < 1.29 is 4.74 Å². The molecular weight excluding hydrogens is 233 g/mol. The van der Waals surface area contributed by atoms with Gasteiger partial charge in [0.05, 0.1) is 10.7 Å². The average molecular weight is 248 g/mol. The first-order valence-electron chi connectivity index (χ1n) is 4.92.